The maximum Gasteiger partial charge on any atom is 0.192 e. The standard InChI is InChI=1S/C14H21N3O/c1-9-17-12-5-4-10(8-13(12)18-9)11(15)6-7-14(2,3)16/h4-5,8,11H,6-7,15-16H2,1-3H3. The predicted molar refractivity (Wildman–Crippen MR) is 73.2 cm³/mol. The van der Waals surface area contributed by atoms with E-state index in [1.54, 1.807) is 0 Å². The van der Waals surface area contributed by atoms with E-state index in [1.165, 1.54) is 0 Å². The molecule has 0 aliphatic rings. The number of nitrogens with zero attached hydrogens (tertiary/aromatic N) is 1. The lowest BCUT2D eigenvalue weighted by molar-refractivity contribution is 0.433. The van der Waals surface area contributed by atoms with E-state index in [9.17, 15) is 0 Å². The third-order valence-electron chi connectivity index (χ3n) is 3.05. The number of aromatic nitrogens is 1. The fourth-order valence-corrected chi connectivity index (χ4v) is 1.98. The molecular formula is C14H21N3O. The third-order valence-corrected chi connectivity index (χ3v) is 3.05. The van der Waals surface area contributed by atoms with Crippen LogP contribution in [-0.2, 0) is 0 Å². The highest BCUT2D eigenvalue weighted by Gasteiger charge is 2.15. The molecule has 4 N–H and O–H groups in total. The van der Waals surface area contributed by atoms with Crippen LogP contribution in [0.4, 0.5) is 0 Å². The van der Waals surface area contributed by atoms with Crippen LogP contribution < -0.4 is 11.5 Å². The molecule has 0 spiro atoms. The summed E-state index contributed by atoms with van der Waals surface area (Å²) in [5.41, 5.74) is 14.7. The second-order valence-electron chi connectivity index (χ2n) is 5.59. The minimum absolute atomic E-state index is 0.0115. The van der Waals surface area contributed by atoms with E-state index < -0.39 is 0 Å². The van der Waals surface area contributed by atoms with Gasteiger partial charge in [-0.2, -0.15) is 0 Å². The average Bonchev–Trinajstić information content (AvgIpc) is 2.63. The van der Waals surface area contributed by atoms with Crippen LogP contribution in [0.3, 0.4) is 0 Å². The quantitative estimate of drug-likeness (QED) is 0.870. The van der Waals surface area contributed by atoms with Crippen molar-refractivity contribution in [2.75, 3.05) is 0 Å². The molecule has 2 aromatic rings. The molecule has 0 saturated carbocycles. The topological polar surface area (TPSA) is 78.1 Å². The lowest BCUT2D eigenvalue weighted by Crippen LogP contribution is -2.32. The van der Waals surface area contributed by atoms with E-state index in [2.05, 4.69) is 4.98 Å². The van der Waals surface area contributed by atoms with Gasteiger partial charge in [-0.05, 0) is 44.4 Å². The van der Waals surface area contributed by atoms with E-state index >= 15 is 0 Å². The first-order valence-corrected chi connectivity index (χ1v) is 6.27. The molecule has 18 heavy (non-hydrogen) atoms. The van der Waals surface area contributed by atoms with Gasteiger partial charge in [0.2, 0.25) is 0 Å². The lowest BCUT2D eigenvalue weighted by Gasteiger charge is -2.21. The van der Waals surface area contributed by atoms with E-state index in [0.717, 1.165) is 29.5 Å². The van der Waals surface area contributed by atoms with Gasteiger partial charge in [0, 0.05) is 18.5 Å². The Hall–Kier alpha value is -1.39. The van der Waals surface area contributed by atoms with Gasteiger partial charge in [0.25, 0.3) is 0 Å². The van der Waals surface area contributed by atoms with Crippen molar-refractivity contribution in [3.63, 3.8) is 0 Å². The average molecular weight is 247 g/mol. The Morgan fingerprint density at radius 3 is 2.78 bits per heavy atom. The highest BCUT2D eigenvalue weighted by atomic mass is 16.3. The number of nitrogens with two attached hydrogens (primary N) is 2. The molecule has 1 atom stereocenters. The van der Waals surface area contributed by atoms with Crippen molar-refractivity contribution < 1.29 is 4.42 Å². The van der Waals surface area contributed by atoms with Crippen molar-refractivity contribution in [3.8, 4) is 0 Å². The van der Waals surface area contributed by atoms with E-state index in [1.807, 2.05) is 39.0 Å². The molecule has 0 aliphatic heterocycles. The summed E-state index contributed by atoms with van der Waals surface area (Å²) in [6.07, 6.45) is 1.75. The Labute approximate surface area is 107 Å². The van der Waals surface area contributed by atoms with Crippen LogP contribution in [0.1, 0.15) is 44.2 Å². The van der Waals surface area contributed by atoms with E-state index in [-0.39, 0.29) is 11.6 Å². The Morgan fingerprint density at radius 1 is 1.39 bits per heavy atom. The summed E-state index contributed by atoms with van der Waals surface area (Å²) >= 11 is 0. The maximum atomic E-state index is 6.18. The highest BCUT2D eigenvalue weighted by molar-refractivity contribution is 5.73. The van der Waals surface area contributed by atoms with Crippen molar-refractivity contribution in [3.05, 3.63) is 29.7 Å². The Kier molecular flexibility index (Phi) is 3.41. The molecule has 1 aromatic carbocycles. The normalized spacial score (nSPS) is 14.1. The van der Waals surface area contributed by atoms with Gasteiger partial charge in [-0.3, -0.25) is 0 Å². The monoisotopic (exact) mass is 247 g/mol. The number of benzene rings is 1. The lowest BCUT2D eigenvalue weighted by atomic mass is 9.94. The van der Waals surface area contributed by atoms with Crippen LogP contribution in [-0.4, -0.2) is 10.5 Å². The molecule has 0 saturated heterocycles. The van der Waals surface area contributed by atoms with E-state index in [4.69, 9.17) is 15.9 Å². The molecule has 0 aliphatic carbocycles. The highest BCUT2D eigenvalue weighted by Crippen LogP contribution is 2.23. The molecule has 1 heterocycles. The van der Waals surface area contributed by atoms with Crippen molar-refractivity contribution in [2.24, 2.45) is 11.5 Å². The Morgan fingerprint density at radius 2 is 2.11 bits per heavy atom. The van der Waals surface area contributed by atoms with Gasteiger partial charge in [0.05, 0.1) is 0 Å². The fraction of sp³-hybridized carbons (Fsp3) is 0.500. The second-order valence-corrected chi connectivity index (χ2v) is 5.59. The molecule has 0 fully saturated rings. The summed E-state index contributed by atoms with van der Waals surface area (Å²) in [7, 11) is 0. The van der Waals surface area contributed by atoms with Crippen molar-refractivity contribution in [1.29, 1.82) is 0 Å². The first-order valence-electron chi connectivity index (χ1n) is 6.27. The van der Waals surface area contributed by atoms with Crippen molar-refractivity contribution in [2.45, 2.75) is 45.2 Å². The van der Waals surface area contributed by atoms with Crippen LogP contribution in [0, 0.1) is 6.92 Å². The van der Waals surface area contributed by atoms with Crippen LogP contribution >= 0.6 is 0 Å². The van der Waals surface area contributed by atoms with Crippen molar-refractivity contribution >= 4 is 11.1 Å². The Balaban J connectivity index is 2.14. The number of aryl methyl sites for hydroxylation is 1. The molecule has 4 nitrogen and oxygen atoms in total. The van der Waals surface area contributed by atoms with Crippen LogP contribution in [0.2, 0.25) is 0 Å². The molecule has 1 aromatic heterocycles. The maximum absolute atomic E-state index is 6.18. The smallest absolute Gasteiger partial charge is 0.192 e. The number of hydrogen-bond donors (Lipinski definition) is 2. The largest absolute Gasteiger partial charge is 0.441 e. The molecule has 0 bridgehead atoms. The fourth-order valence-electron chi connectivity index (χ4n) is 1.98. The summed E-state index contributed by atoms with van der Waals surface area (Å²) in [4.78, 5) is 4.27. The summed E-state index contributed by atoms with van der Waals surface area (Å²) in [5.74, 6) is 0.679. The second kappa shape index (κ2) is 4.71. The number of oxazole rings is 1. The molecule has 98 valence electrons. The zero-order valence-electron chi connectivity index (χ0n) is 11.2. The van der Waals surface area contributed by atoms with E-state index in [0.29, 0.717) is 5.89 Å². The number of hydrogen-bond acceptors (Lipinski definition) is 4. The zero-order chi connectivity index (χ0) is 13.3. The minimum atomic E-state index is -0.176. The van der Waals surface area contributed by atoms with Gasteiger partial charge in [0.15, 0.2) is 11.5 Å². The molecular weight excluding hydrogens is 226 g/mol. The Bertz CT molecular complexity index is 539. The summed E-state index contributed by atoms with van der Waals surface area (Å²) in [6, 6.07) is 5.93. The number of fused-ring (bicyclic) bond motifs is 1. The number of rotatable bonds is 4. The molecule has 1 unspecified atom stereocenters. The molecule has 2 rings (SSSR count). The van der Waals surface area contributed by atoms with Gasteiger partial charge in [-0.25, -0.2) is 4.98 Å². The summed E-state index contributed by atoms with van der Waals surface area (Å²) < 4.78 is 5.51. The van der Waals surface area contributed by atoms with Gasteiger partial charge >= 0.3 is 0 Å². The summed E-state index contributed by atoms with van der Waals surface area (Å²) in [5, 5.41) is 0. The SMILES string of the molecule is Cc1nc2ccc(C(N)CCC(C)(C)N)cc2o1. The third kappa shape index (κ3) is 3.09. The first kappa shape index (κ1) is 13.1. The van der Waals surface area contributed by atoms with Crippen LogP contribution in [0.5, 0.6) is 0 Å². The van der Waals surface area contributed by atoms with Crippen LogP contribution in [0.15, 0.2) is 22.6 Å². The first-order chi connectivity index (χ1) is 8.35. The van der Waals surface area contributed by atoms with Gasteiger partial charge < -0.3 is 15.9 Å². The van der Waals surface area contributed by atoms with Gasteiger partial charge in [-0.1, -0.05) is 6.07 Å². The minimum Gasteiger partial charge on any atom is -0.441 e. The van der Waals surface area contributed by atoms with Gasteiger partial charge in [-0.15, -0.1) is 0 Å². The van der Waals surface area contributed by atoms with Gasteiger partial charge in [0.1, 0.15) is 5.52 Å². The molecule has 4 heteroatoms. The van der Waals surface area contributed by atoms with Crippen LogP contribution in [0.25, 0.3) is 11.1 Å². The zero-order valence-corrected chi connectivity index (χ0v) is 11.2. The van der Waals surface area contributed by atoms with Crippen molar-refractivity contribution in [1.82, 2.24) is 4.98 Å². The molecule has 0 amide bonds. The molecule has 0 radical (unpaired) electrons. The predicted octanol–water partition coefficient (Wildman–Crippen LogP) is 2.65. The summed E-state index contributed by atoms with van der Waals surface area (Å²) in [6.45, 7) is 5.88.